The number of halogens is 3. The summed E-state index contributed by atoms with van der Waals surface area (Å²) >= 11 is 0. The van der Waals surface area contributed by atoms with Gasteiger partial charge in [-0.2, -0.15) is 13.2 Å². The summed E-state index contributed by atoms with van der Waals surface area (Å²) in [6, 6.07) is 3.19. The third-order valence-corrected chi connectivity index (χ3v) is 2.26. The van der Waals surface area contributed by atoms with Gasteiger partial charge in [0.2, 0.25) is 6.23 Å². The average Bonchev–Trinajstić information content (AvgIpc) is 2.26. The Kier molecular flexibility index (Phi) is 2.59. The Morgan fingerprint density at radius 2 is 2.19 bits per heavy atom. The van der Waals surface area contributed by atoms with Crippen molar-refractivity contribution in [3.05, 3.63) is 29.3 Å². The Hall–Kier alpha value is -1.56. The summed E-state index contributed by atoms with van der Waals surface area (Å²) in [5.74, 6) is 0.309. The van der Waals surface area contributed by atoms with Gasteiger partial charge < -0.3 is 4.74 Å². The molecular formula is C10H8F3NO2. The molecule has 1 unspecified atom stereocenters. The Labute approximate surface area is 89.2 Å². The van der Waals surface area contributed by atoms with Crippen molar-refractivity contribution in [1.82, 2.24) is 5.32 Å². The first-order valence-electron chi connectivity index (χ1n) is 4.56. The van der Waals surface area contributed by atoms with Crippen LogP contribution in [0.4, 0.5) is 13.2 Å². The maximum absolute atomic E-state index is 12.4. The van der Waals surface area contributed by atoms with Crippen LogP contribution in [0.3, 0.4) is 0 Å². The molecule has 0 saturated carbocycles. The fourth-order valence-corrected chi connectivity index (χ4v) is 1.47. The zero-order valence-corrected chi connectivity index (χ0v) is 8.04. The molecule has 1 atom stereocenters. The van der Waals surface area contributed by atoms with Crippen LogP contribution in [0.15, 0.2) is 18.2 Å². The Morgan fingerprint density at radius 3 is 2.81 bits per heavy atom. The van der Waals surface area contributed by atoms with Crippen molar-refractivity contribution in [2.45, 2.75) is 18.9 Å². The molecule has 1 aliphatic heterocycles. The fraction of sp³-hybridized carbons (Fsp3) is 0.300. The first kappa shape index (κ1) is 10.9. The number of rotatable bonds is 1. The van der Waals surface area contributed by atoms with Crippen molar-refractivity contribution >= 4 is 6.29 Å². The van der Waals surface area contributed by atoms with Gasteiger partial charge in [0.1, 0.15) is 5.75 Å². The van der Waals surface area contributed by atoms with E-state index in [-0.39, 0.29) is 6.54 Å². The molecule has 1 aromatic rings. The molecule has 2 rings (SSSR count). The van der Waals surface area contributed by atoms with Crippen LogP contribution in [0.1, 0.15) is 11.1 Å². The lowest BCUT2D eigenvalue weighted by Crippen LogP contribution is -2.39. The highest BCUT2D eigenvalue weighted by atomic mass is 19.4. The highest BCUT2D eigenvalue weighted by Crippen LogP contribution is 2.33. The zero-order chi connectivity index (χ0) is 11.8. The lowest BCUT2D eigenvalue weighted by Gasteiger charge is -2.24. The number of hydrogen-bond acceptors (Lipinski definition) is 3. The van der Waals surface area contributed by atoms with E-state index in [1.165, 1.54) is 6.07 Å². The molecular weight excluding hydrogens is 223 g/mol. The quantitative estimate of drug-likeness (QED) is 0.748. The summed E-state index contributed by atoms with van der Waals surface area (Å²) in [5, 5.41) is 2.65. The van der Waals surface area contributed by atoms with E-state index in [4.69, 9.17) is 4.74 Å². The van der Waals surface area contributed by atoms with E-state index in [0.29, 0.717) is 17.6 Å². The van der Waals surface area contributed by atoms with Crippen LogP contribution >= 0.6 is 0 Å². The van der Waals surface area contributed by atoms with Crippen molar-refractivity contribution in [2.75, 3.05) is 0 Å². The van der Waals surface area contributed by atoms with Gasteiger partial charge >= 0.3 is 6.18 Å². The molecule has 0 fully saturated rings. The molecule has 3 nitrogen and oxygen atoms in total. The van der Waals surface area contributed by atoms with Crippen molar-refractivity contribution in [1.29, 1.82) is 0 Å². The van der Waals surface area contributed by atoms with Crippen molar-refractivity contribution in [3.63, 3.8) is 0 Å². The smallest absolute Gasteiger partial charge is 0.416 e. The van der Waals surface area contributed by atoms with Gasteiger partial charge in [0, 0.05) is 12.1 Å². The number of carbonyl (C=O) groups is 1. The molecule has 1 aliphatic rings. The second kappa shape index (κ2) is 3.79. The van der Waals surface area contributed by atoms with Crippen LogP contribution < -0.4 is 10.1 Å². The molecule has 0 radical (unpaired) electrons. The number of benzene rings is 1. The third-order valence-electron chi connectivity index (χ3n) is 2.26. The van der Waals surface area contributed by atoms with Crippen LogP contribution in [0.5, 0.6) is 5.75 Å². The summed E-state index contributed by atoms with van der Waals surface area (Å²) in [4.78, 5) is 10.4. The predicted octanol–water partition coefficient (Wildman–Crippen LogP) is 1.71. The van der Waals surface area contributed by atoms with Crippen LogP contribution in [0, 0.1) is 0 Å². The lowest BCUT2D eigenvalue weighted by atomic mass is 10.1. The third kappa shape index (κ3) is 2.01. The van der Waals surface area contributed by atoms with Gasteiger partial charge in [0.15, 0.2) is 6.29 Å². The standard InChI is InChI=1S/C10H8F3NO2/c11-10(12,13)7-1-2-8-6(3-7)4-14-9(5-15)16-8/h1-3,5,9,14H,4H2. The minimum absolute atomic E-state index is 0.183. The molecule has 0 aliphatic carbocycles. The lowest BCUT2D eigenvalue weighted by molar-refractivity contribution is -0.137. The molecule has 0 amide bonds. The predicted molar refractivity (Wildman–Crippen MR) is 48.8 cm³/mol. The largest absolute Gasteiger partial charge is 0.468 e. The Balaban J connectivity index is 2.31. The van der Waals surface area contributed by atoms with E-state index < -0.39 is 18.0 Å². The number of carbonyl (C=O) groups excluding carboxylic acids is 1. The SMILES string of the molecule is O=CC1NCc2cc(C(F)(F)F)ccc2O1. The van der Waals surface area contributed by atoms with Gasteiger partial charge in [-0.25, -0.2) is 0 Å². The molecule has 1 aromatic carbocycles. The number of ether oxygens (including phenoxy) is 1. The molecule has 0 saturated heterocycles. The van der Waals surface area contributed by atoms with Crippen molar-refractivity contribution in [2.24, 2.45) is 0 Å². The maximum atomic E-state index is 12.4. The highest BCUT2D eigenvalue weighted by Gasteiger charge is 2.32. The first-order chi connectivity index (χ1) is 7.50. The minimum atomic E-state index is -4.36. The maximum Gasteiger partial charge on any atom is 0.416 e. The monoisotopic (exact) mass is 231 g/mol. The molecule has 86 valence electrons. The van der Waals surface area contributed by atoms with E-state index >= 15 is 0 Å². The number of fused-ring (bicyclic) bond motifs is 1. The Bertz CT molecular complexity index is 417. The molecule has 0 bridgehead atoms. The summed E-state index contributed by atoms with van der Waals surface area (Å²) in [7, 11) is 0. The second-order valence-electron chi connectivity index (χ2n) is 3.38. The van der Waals surface area contributed by atoms with Gasteiger partial charge in [0.25, 0.3) is 0 Å². The summed E-state index contributed by atoms with van der Waals surface area (Å²) in [5.41, 5.74) is -0.325. The van der Waals surface area contributed by atoms with Crippen LogP contribution in [0.2, 0.25) is 0 Å². The molecule has 1 N–H and O–H groups in total. The highest BCUT2D eigenvalue weighted by molar-refractivity contribution is 5.57. The van der Waals surface area contributed by atoms with E-state index in [9.17, 15) is 18.0 Å². The van der Waals surface area contributed by atoms with Crippen LogP contribution in [-0.2, 0) is 17.5 Å². The van der Waals surface area contributed by atoms with E-state index in [0.717, 1.165) is 12.1 Å². The summed E-state index contributed by atoms with van der Waals surface area (Å²) < 4.78 is 42.3. The molecule has 1 heterocycles. The molecule has 16 heavy (non-hydrogen) atoms. The van der Waals surface area contributed by atoms with Crippen molar-refractivity contribution < 1.29 is 22.7 Å². The van der Waals surface area contributed by atoms with Crippen LogP contribution in [0.25, 0.3) is 0 Å². The van der Waals surface area contributed by atoms with Gasteiger partial charge in [-0.1, -0.05) is 0 Å². The number of aldehydes is 1. The van der Waals surface area contributed by atoms with Gasteiger partial charge in [-0.05, 0) is 18.2 Å². The van der Waals surface area contributed by atoms with E-state index in [2.05, 4.69) is 5.32 Å². The molecule has 0 spiro atoms. The van der Waals surface area contributed by atoms with E-state index in [1.807, 2.05) is 0 Å². The fourth-order valence-electron chi connectivity index (χ4n) is 1.47. The second-order valence-corrected chi connectivity index (χ2v) is 3.38. The number of hydrogen-bond donors (Lipinski definition) is 1. The average molecular weight is 231 g/mol. The van der Waals surface area contributed by atoms with Crippen LogP contribution in [-0.4, -0.2) is 12.5 Å². The number of nitrogens with one attached hydrogen (secondary N) is 1. The van der Waals surface area contributed by atoms with Gasteiger partial charge in [-0.3, -0.25) is 10.1 Å². The van der Waals surface area contributed by atoms with Crippen molar-refractivity contribution in [3.8, 4) is 5.75 Å². The summed E-state index contributed by atoms with van der Waals surface area (Å²) in [6.07, 6.45) is -4.60. The van der Waals surface area contributed by atoms with Gasteiger partial charge in [0.05, 0.1) is 5.56 Å². The topological polar surface area (TPSA) is 38.3 Å². The normalized spacial score (nSPS) is 19.8. The molecule has 0 aromatic heterocycles. The van der Waals surface area contributed by atoms with Gasteiger partial charge in [-0.15, -0.1) is 0 Å². The minimum Gasteiger partial charge on any atom is -0.468 e. The van der Waals surface area contributed by atoms with E-state index in [1.54, 1.807) is 0 Å². The summed E-state index contributed by atoms with van der Waals surface area (Å²) in [6.45, 7) is 0.183. The zero-order valence-electron chi connectivity index (χ0n) is 8.04. The first-order valence-corrected chi connectivity index (χ1v) is 4.56. The number of alkyl halides is 3. The molecule has 6 heteroatoms. The Morgan fingerprint density at radius 1 is 1.44 bits per heavy atom.